The molecule has 0 aliphatic carbocycles. The Morgan fingerprint density at radius 3 is 2.52 bits per heavy atom. The Morgan fingerprint density at radius 1 is 1.14 bits per heavy atom. The van der Waals surface area contributed by atoms with E-state index in [-0.39, 0.29) is 24.8 Å². The third-order valence-corrected chi connectivity index (χ3v) is 2.91. The number of carbonyl (C=O) groups is 2. The molecule has 0 saturated heterocycles. The minimum atomic E-state index is -0.278. The largest absolute Gasteiger partial charge is 0.469 e. The van der Waals surface area contributed by atoms with Gasteiger partial charge in [-0.2, -0.15) is 0 Å². The molecule has 0 aliphatic rings. The Morgan fingerprint density at radius 2 is 1.86 bits per heavy atom. The third kappa shape index (κ3) is 6.87. The van der Waals surface area contributed by atoms with Crippen molar-refractivity contribution in [2.75, 3.05) is 33.9 Å². The molecule has 0 atom stereocenters. The minimum Gasteiger partial charge on any atom is -0.469 e. The Labute approximate surface area is 124 Å². The first-order valence-electron chi connectivity index (χ1n) is 6.77. The molecule has 1 rings (SSSR count). The maximum absolute atomic E-state index is 11.5. The third-order valence-electron chi connectivity index (χ3n) is 2.91. The second kappa shape index (κ2) is 9.90. The molecule has 2 N–H and O–H groups in total. The lowest BCUT2D eigenvalue weighted by atomic mass is 10.0. The van der Waals surface area contributed by atoms with Gasteiger partial charge in [-0.25, -0.2) is 0 Å². The van der Waals surface area contributed by atoms with Gasteiger partial charge in [-0.3, -0.25) is 9.59 Å². The summed E-state index contributed by atoms with van der Waals surface area (Å²) in [6, 6.07) is 7.58. The lowest BCUT2D eigenvalue weighted by Crippen LogP contribution is -2.35. The maximum atomic E-state index is 11.5. The number of benzene rings is 1. The fourth-order valence-electron chi connectivity index (χ4n) is 1.80. The Hall–Kier alpha value is -1.92. The summed E-state index contributed by atoms with van der Waals surface area (Å²) in [5.74, 6) is -0.364. The normalized spacial score (nSPS) is 10.2. The van der Waals surface area contributed by atoms with E-state index in [4.69, 9.17) is 4.74 Å². The molecule has 1 amide bonds. The van der Waals surface area contributed by atoms with Gasteiger partial charge < -0.3 is 20.1 Å². The van der Waals surface area contributed by atoms with Crippen molar-refractivity contribution in [2.24, 2.45) is 0 Å². The second-order valence-electron chi connectivity index (χ2n) is 4.47. The molecule has 0 aliphatic heterocycles. The topological polar surface area (TPSA) is 76.7 Å². The van der Waals surface area contributed by atoms with Crippen LogP contribution >= 0.6 is 0 Å². The molecule has 0 unspecified atom stereocenters. The van der Waals surface area contributed by atoms with E-state index in [1.807, 2.05) is 24.3 Å². The van der Waals surface area contributed by atoms with Crippen LogP contribution in [0.2, 0.25) is 0 Å². The standard InChI is InChI=1S/C15H22N2O4/c1-20-8-7-17-14(18)11-16-10-13-6-4-3-5-12(13)9-15(19)21-2/h3-6,16H,7-11H2,1-2H3,(H,17,18). The van der Waals surface area contributed by atoms with Crippen LogP contribution in [0.15, 0.2) is 24.3 Å². The number of nitrogens with one attached hydrogen (secondary N) is 2. The molecule has 1 aromatic carbocycles. The van der Waals surface area contributed by atoms with Crippen molar-refractivity contribution in [1.29, 1.82) is 0 Å². The first kappa shape index (κ1) is 17.1. The number of hydrogen-bond acceptors (Lipinski definition) is 5. The van der Waals surface area contributed by atoms with Crippen LogP contribution in [0.1, 0.15) is 11.1 Å². The molecule has 0 aromatic heterocycles. The van der Waals surface area contributed by atoms with Crippen LogP contribution < -0.4 is 10.6 Å². The zero-order valence-electron chi connectivity index (χ0n) is 12.5. The highest BCUT2D eigenvalue weighted by Crippen LogP contribution is 2.09. The molecule has 1 aromatic rings. The summed E-state index contributed by atoms with van der Waals surface area (Å²) < 4.78 is 9.52. The van der Waals surface area contributed by atoms with Gasteiger partial charge in [-0.15, -0.1) is 0 Å². The lowest BCUT2D eigenvalue weighted by Gasteiger charge is -2.10. The fourth-order valence-corrected chi connectivity index (χ4v) is 1.80. The molecule has 0 radical (unpaired) electrons. The zero-order chi connectivity index (χ0) is 15.5. The van der Waals surface area contributed by atoms with Gasteiger partial charge in [0.2, 0.25) is 5.91 Å². The molecule has 6 heteroatoms. The minimum absolute atomic E-state index is 0.0856. The van der Waals surface area contributed by atoms with E-state index in [1.54, 1.807) is 7.11 Å². The summed E-state index contributed by atoms with van der Waals surface area (Å²) in [4.78, 5) is 22.9. The summed E-state index contributed by atoms with van der Waals surface area (Å²) in [7, 11) is 2.95. The molecule has 0 saturated carbocycles. The summed E-state index contributed by atoms with van der Waals surface area (Å²) in [5, 5.41) is 5.78. The monoisotopic (exact) mass is 294 g/mol. The predicted octanol–water partition coefficient (Wildman–Crippen LogP) is 0.254. The van der Waals surface area contributed by atoms with Crippen LogP contribution in [0.25, 0.3) is 0 Å². The Kier molecular flexibility index (Phi) is 8.08. The van der Waals surface area contributed by atoms with Gasteiger partial charge in [0, 0.05) is 20.2 Å². The zero-order valence-corrected chi connectivity index (χ0v) is 12.5. The van der Waals surface area contributed by atoms with Crippen molar-refractivity contribution < 1.29 is 19.1 Å². The van der Waals surface area contributed by atoms with Crippen LogP contribution in [0.4, 0.5) is 0 Å². The summed E-state index contributed by atoms with van der Waals surface area (Å²) in [6.45, 7) is 1.73. The van der Waals surface area contributed by atoms with Crippen molar-refractivity contribution >= 4 is 11.9 Å². The molecule has 0 bridgehead atoms. The lowest BCUT2D eigenvalue weighted by molar-refractivity contribution is -0.139. The summed E-state index contributed by atoms with van der Waals surface area (Å²) >= 11 is 0. The summed E-state index contributed by atoms with van der Waals surface area (Å²) in [5.41, 5.74) is 1.88. The van der Waals surface area contributed by atoms with Crippen molar-refractivity contribution in [3.8, 4) is 0 Å². The van der Waals surface area contributed by atoms with Gasteiger partial charge in [0.15, 0.2) is 0 Å². The van der Waals surface area contributed by atoms with Crippen molar-refractivity contribution in [1.82, 2.24) is 10.6 Å². The van der Waals surface area contributed by atoms with E-state index in [2.05, 4.69) is 15.4 Å². The van der Waals surface area contributed by atoms with E-state index in [1.165, 1.54) is 7.11 Å². The highest BCUT2D eigenvalue weighted by molar-refractivity contribution is 5.78. The van der Waals surface area contributed by atoms with Gasteiger partial charge >= 0.3 is 5.97 Å². The summed E-state index contributed by atoms with van der Waals surface area (Å²) in [6.07, 6.45) is 0.231. The van der Waals surface area contributed by atoms with Crippen LogP contribution in [-0.2, 0) is 32.0 Å². The van der Waals surface area contributed by atoms with Crippen molar-refractivity contribution in [3.63, 3.8) is 0 Å². The smallest absolute Gasteiger partial charge is 0.309 e. The number of carbonyl (C=O) groups excluding carboxylic acids is 2. The quantitative estimate of drug-likeness (QED) is 0.504. The molecule has 0 fully saturated rings. The average molecular weight is 294 g/mol. The van der Waals surface area contributed by atoms with Crippen molar-refractivity contribution in [2.45, 2.75) is 13.0 Å². The van der Waals surface area contributed by atoms with Crippen LogP contribution in [0, 0.1) is 0 Å². The second-order valence-corrected chi connectivity index (χ2v) is 4.47. The van der Waals surface area contributed by atoms with E-state index >= 15 is 0 Å². The van der Waals surface area contributed by atoms with Gasteiger partial charge in [-0.1, -0.05) is 24.3 Å². The molecule has 116 valence electrons. The number of esters is 1. The first-order chi connectivity index (χ1) is 10.2. The highest BCUT2D eigenvalue weighted by Gasteiger charge is 2.08. The molecule has 6 nitrogen and oxygen atoms in total. The number of methoxy groups -OCH3 is 2. The highest BCUT2D eigenvalue weighted by atomic mass is 16.5. The van der Waals surface area contributed by atoms with Crippen LogP contribution in [-0.4, -0.2) is 45.8 Å². The average Bonchev–Trinajstić information content (AvgIpc) is 2.49. The molecular weight excluding hydrogens is 272 g/mol. The van der Waals surface area contributed by atoms with Gasteiger partial charge in [0.05, 0.1) is 26.7 Å². The van der Waals surface area contributed by atoms with E-state index in [0.29, 0.717) is 19.7 Å². The Bertz CT molecular complexity index is 463. The van der Waals surface area contributed by atoms with Crippen LogP contribution in [0.3, 0.4) is 0 Å². The van der Waals surface area contributed by atoms with Gasteiger partial charge in [0.25, 0.3) is 0 Å². The van der Waals surface area contributed by atoms with E-state index in [9.17, 15) is 9.59 Å². The van der Waals surface area contributed by atoms with Crippen LogP contribution in [0.5, 0.6) is 0 Å². The number of amides is 1. The van der Waals surface area contributed by atoms with Crippen molar-refractivity contribution in [3.05, 3.63) is 35.4 Å². The number of hydrogen-bond donors (Lipinski definition) is 2. The van der Waals surface area contributed by atoms with Gasteiger partial charge in [-0.05, 0) is 11.1 Å². The maximum Gasteiger partial charge on any atom is 0.309 e. The molecular formula is C15H22N2O4. The number of rotatable bonds is 9. The molecule has 21 heavy (non-hydrogen) atoms. The van der Waals surface area contributed by atoms with Gasteiger partial charge in [0.1, 0.15) is 0 Å². The SMILES string of the molecule is COCCNC(=O)CNCc1ccccc1CC(=O)OC. The number of ether oxygens (including phenoxy) is 2. The Balaban J connectivity index is 2.41. The fraction of sp³-hybridized carbons (Fsp3) is 0.467. The molecule has 0 heterocycles. The molecule has 0 spiro atoms. The predicted molar refractivity (Wildman–Crippen MR) is 78.8 cm³/mol. The van der Waals surface area contributed by atoms with E-state index in [0.717, 1.165) is 11.1 Å². The van der Waals surface area contributed by atoms with E-state index < -0.39 is 0 Å². The first-order valence-corrected chi connectivity index (χ1v) is 6.77.